The standard InChI is InChI=1S/C22H22FN3O4S2/c1-15-12-22(31-14-21(27)24-20-5-3-2-4-18(20)23)25-19-7-6-16(13-17(15)19)32(28,29)26-8-10-30-11-9-26/h2-7,12-13H,8-11,14H2,1H3,(H,24,27). The molecule has 1 aromatic heterocycles. The van der Waals surface area contributed by atoms with Crippen molar-refractivity contribution in [3.63, 3.8) is 0 Å². The monoisotopic (exact) mass is 475 g/mol. The van der Waals surface area contributed by atoms with Crippen LogP contribution in [0.25, 0.3) is 10.9 Å². The molecule has 0 aliphatic carbocycles. The van der Waals surface area contributed by atoms with Crippen LogP contribution < -0.4 is 5.32 Å². The third kappa shape index (κ3) is 4.93. The zero-order chi connectivity index (χ0) is 22.7. The maximum absolute atomic E-state index is 13.7. The summed E-state index contributed by atoms with van der Waals surface area (Å²) in [4.78, 5) is 17.0. The van der Waals surface area contributed by atoms with Gasteiger partial charge in [0, 0.05) is 18.5 Å². The van der Waals surface area contributed by atoms with Crippen LogP contribution >= 0.6 is 11.8 Å². The van der Waals surface area contributed by atoms with E-state index in [2.05, 4.69) is 10.3 Å². The molecule has 7 nitrogen and oxygen atoms in total. The molecule has 1 N–H and O–H groups in total. The second-order valence-corrected chi connectivity index (χ2v) is 10.2. The molecule has 10 heteroatoms. The number of thioether (sulfide) groups is 1. The summed E-state index contributed by atoms with van der Waals surface area (Å²) in [6.45, 7) is 3.32. The van der Waals surface area contributed by atoms with Gasteiger partial charge in [-0.3, -0.25) is 4.79 Å². The number of aryl methyl sites for hydroxylation is 1. The molecule has 2 heterocycles. The molecular weight excluding hydrogens is 453 g/mol. The van der Waals surface area contributed by atoms with Gasteiger partial charge in [0.1, 0.15) is 5.82 Å². The van der Waals surface area contributed by atoms with Crippen LogP contribution in [0.2, 0.25) is 0 Å². The van der Waals surface area contributed by atoms with Crippen molar-refractivity contribution >= 4 is 44.3 Å². The summed E-state index contributed by atoms with van der Waals surface area (Å²) in [7, 11) is -3.60. The first-order chi connectivity index (χ1) is 15.3. The molecule has 0 saturated carbocycles. The van der Waals surface area contributed by atoms with Crippen molar-refractivity contribution in [1.29, 1.82) is 0 Å². The van der Waals surface area contributed by atoms with Crippen molar-refractivity contribution in [1.82, 2.24) is 9.29 Å². The summed E-state index contributed by atoms with van der Waals surface area (Å²) in [5.74, 6) is -0.768. The van der Waals surface area contributed by atoms with Crippen LogP contribution in [0.1, 0.15) is 5.56 Å². The topological polar surface area (TPSA) is 88.6 Å². The number of morpholine rings is 1. The van der Waals surface area contributed by atoms with Crippen LogP contribution in [0, 0.1) is 12.7 Å². The Morgan fingerprint density at radius 3 is 2.69 bits per heavy atom. The Hall–Kier alpha value is -2.53. The molecule has 1 aliphatic rings. The number of sulfonamides is 1. The number of hydrogen-bond acceptors (Lipinski definition) is 6. The predicted molar refractivity (Wildman–Crippen MR) is 122 cm³/mol. The average molecular weight is 476 g/mol. The smallest absolute Gasteiger partial charge is 0.243 e. The first-order valence-electron chi connectivity index (χ1n) is 10.0. The molecule has 0 bridgehead atoms. The highest BCUT2D eigenvalue weighted by Gasteiger charge is 2.26. The zero-order valence-corrected chi connectivity index (χ0v) is 19.0. The normalized spacial score (nSPS) is 15.1. The Morgan fingerprint density at radius 1 is 1.19 bits per heavy atom. The van der Waals surface area contributed by atoms with E-state index in [0.717, 1.165) is 10.9 Å². The van der Waals surface area contributed by atoms with E-state index in [0.29, 0.717) is 36.8 Å². The number of nitrogens with zero attached hydrogens (tertiary/aromatic N) is 2. The number of rotatable bonds is 6. The maximum atomic E-state index is 13.7. The fourth-order valence-electron chi connectivity index (χ4n) is 3.40. The summed E-state index contributed by atoms with van der Waals surface area (Å²) >= 11 is 1.23. The molecule has 1 fully saturated rings. The summed E-state index contributed by atoms with van der Waals surface area (Å²) in [5, 5.41) is 3.91. The van der Waals surface area contributed by atoms with Gasteiger partial charge in [-0.1, -0.05) is 23.9 Å². The quantitative estimate of drug-likeness (QED) is 0.550. The van der Waals surface area contributed by atoms with E-state index in [9.17, 15) is 17.6 Å². The largest absolute Gasteiger partial charge is 0.379 e. The summed E-state index contributed by atoms with van der Waals surface area (Å²) in [5.41, 5.74) is 1.63. The van der Waals surface area contributed by atoms with E-state index < -0.39 is 15.8 Å². The van der Waals surface area contributed by atoms with Gasteiger partial charge in [-0.2, -0.15) is 4.31 Å². The Balaban J connectivity index is 1.50. The van der Waals surface area contributed by atoms with Crippen LogP contribution in [0.3, 0.4) is 0 Å². The summed E-state index contributed by atoms with van der Waals surface area (Å²) in [6.07, 6.45) is 0. The van der Waals surface area contributed by atoms with Crippen LogP contribution in [0.5, 0.6) is 0 Å². The van der Waals surface area contributed by atoms with Gasteiger partial charge < -0.3 is 10.1 Å². The van der Waals surface area contributed by atoms with E-state index in [1.807, 2.05) is 13.0 Å². The molecule has 1 aliphatic heterocycles. The number of carbonyl (C=O) groups excluding carboxylic acids is 1. The van der Waals surface area contributed by atoms with E-state index in [-0.39, 0.29) is 22.2 Å². The zero-order valence-electron chi connectivity index (χ0n) is 17.4. The van der Waals surface area contributed by atoms with Gasteiger partial charge in [0.15, 0.2) is 0 Å². The summed E-state index contributed by atoms with van der Waals surface area (Å²) in [6, 6.07) is 12.7. The number of pyridine rings is 1. The van der Waals surface area contributed by atoms with Crippen LogP contribution in [0.4, 0.5) is 10.1 Å². The number of benzene rings is 2. The number of hydrogen-bond donors (Lipinski definition) is 1. The van der Waals surface area contributed by atoms with Crippen molar-refractivity contribution in [2.75, 3.05) is 37.4 Å². The lowest BCUT2D eigenvalue weighted by atomic mass is 10.1. The molecule has 0 spiro atoms. The number of aromatic nitrogens is 1. The molecular formula is C22H22FN3O4S2. The number of anilines is 1. The van der Waals surface area contributed by atoms with Gasteiger partial charge in [0.25, 0.3) is 0 Å². The highest BCUT2D eigenvalue weighted by Crippen LogP contribution is 2.27. The highest BCUT2D eigenvalue weighted by molar-refractivity contribution is 7.99. The number of halogens is 1. The van der Waals surface area contributed by atoms with Crippen molar-refractivity contribution in [2.24, 2.45) is 0 Å². The van der Waals surface area contributed by atoms with Crippen molar-refractivity contribution in [3.8, 4) is 0 Å². The first-order valence-corrected chi connectivity index (χ1v) is 12.4. The fourth-order valence-corrected chi connectivity index (χ4v) is 5.61. The molecule has 3 aromatic rings. The lowest BCUT2D eigenvalue weighted by molar-refractivity contribution is -0.113. The predicted octanol–water partition coefficient (Wildman–Crippen LogP) is 3.43. The molecule has 168 valence electrons. The molecule has 1 saturated heterocycles. The molecule has 0 unspecified atom stereocenters. The lowest BCUT2D eigenvalue weighted by Gasteiger charge is -2.26. The maximum Gasteiger partial charge on any atom is 0.243 e. The van der Waals surface area contributed by atoms with Gasteiger partial charge in [-0.05, 0) is 48.9 Å². The van der Waals surface area contributed by atoms with Crippen molar-refractivity contribution < 1.29 is 22.3 Å². The van der Waals surface area contributed by atoms with Gasteiger partial charge in [-0.25, -0.2) is 17.8 Å². The Kier molecular flexibility index (Phi) is 6.75. The minimum atomic E-state index is -3.60. The number of nitrogens with one attached hydrogen (secondary N) is 1. The van der Waals surface area contributed by atoms with E-state index in [1.165, 1.54) is 28.2 Å². The van der Waals surface area contributed by atoms with Gasteiger partial charge >= 0.3 is 0 Å². The van der Waals surface area contributed by atoms with Crippen molar-refractivity contribution in [2.45, 2.75) is 16.8 Å². The molecule has 0 atom stereocenters. The third-order valence-corrected chi connectivity index (χ3v) is 7.88. The third-order valence-electron chi connectivity index (χ3n) is 5.07. The fraction of sp³-hybridized carbons (Fsp3) is 0.273. The summed E-state index contributed by atoms with van der Waals surface area (Å²) < 4.78 is 46.2. The molecule has 1 amide bonds. The Bertz CT molecular complexity index is 1260. The second-order valence-electron chi connectivity index (χ2n) is 7.29. The first kappa shape index (κ1) is 22.7. The van der Waals surface area contributed by atoms with Gasteiger partial charge in [0.05, 0.1) is 40.1 Å². The molecule has 0 radical (unpaired) electrons. The Labute approximate surface area is 190 Å². The van der Waals surface area contributed by atoms with Crippen molar-refractivity contribution in [3.05, 3.63) is 59.9 Å². The highest BCUT2D eigenvalue weighted by atomic mass is 32.2. The van der Waals surface area contributed by atoms with Gasteiger partial charge in [-0.15, -0.1) is 0 Å². The van der Waals surface area contributed by atoms with E-state index in [4.69, 9.17) is 4.74 Å². The van der Waals surface area contributed by atoms with Crippen LogP contribution in [-0.2, 0) is 19.6 Å². The number of para-hydroxylation sites is 1. The lowest BCUT2D eigenvalue weighted by Crippen LogP contribution is -2.40. The molecule has 2 aromatic carbocycles. The Morgan fingerprint density at radius 2 is 1.94 bits per heavy atom. The van der Waals surface area contributed by atoms with E-state index >= 15 is 0 Å². The molecule has 32 heavy (non-hydrogen) atoms. The number of fused-ring (bicyclic) bond motifs is 1. The van der Waals surface area contributed by atoms with Crippen LogP contribution in [0.15, 0.2) is 58.5 Å². The molecule has 4 rings (SSSR count). The number of carbonyl (C=O) groups is 1. The van der Waals surface area contributed by atoms with Gasteiger partial charge in [0.2, 0.25) is 15.9 Å². The van der Waals surface area contributed by atoms with E-state index in [1.54, 1.807) is 30.3 Å². The SMILES string of the molecule is Cc1cc(SCC(=O)Nc2ccccc2F)nc2ccc(S(=O)(=O)N3CCOCC3)cc12. The number of ether oxygens (including phenoxy) is 1. The second kappa shape index (κ2) is 9.53. The van der Waals surface area contributed by atoms with Crippen LogP contribution in [-0.4, -0.2) is 55.7 Å². The number of amides is 1. The average Bonchev–Trinajstić information content (AvgIpc) is 2.79. The minimum Gasteiger partial charge on any atom is -0.379 e. The minimum absolute atomic E-state index is 0.0653.